The van der Waals surface area contributed by atoms with Gasteiger partial charge in [-0.25, -0.2) is 9.78 Å². The number of hydrogen-bond acceptors (Lipinski definition) is 5. The fourth-order valence-corrected chi connectivity index (χ4v) is 2.17. The molecule has 0 unspecified atom stereocenters. The zero-order valence-electron chi connectivity index (χ0n) is 11.6. The highest BCUT2D eigenvalue weighted by Gasteiger charge is 2.26. The molecule has 0 bridgehead atoms. The predicted octanol–water partition coefficient (Wildman–Crippen LogP) is 2.08. The quantitative estimate of drug-likeness (QED) is 0.796. The summed E-state index contributed by atoms with van der Waals surface area (Å²) in [6.07, 6.45) is 5.19. The standard InChI is InChI=1S/C14H21N3O2/c1-3-8-17(9-10-4-5-10)13-12(15)11(6-7-16-13)14(18)19-2/h6-7,10H,3-5,8-9,15H2,1-2H3. The summed E-state index contributed by atoms with van der Waals surface area (Å²) >= 11 is 0. The van der Waals surface area contributed by atoms with Gasteiger partial charge in [0, 0.05) is 19.3 Å². The topological polar surface area (TPSA) is 68.5 Å². The van der Waals surface area contributed by atoms with Gasteiger partial charge in [0.2, 0.25) is 0 Å². The van der Waals surface area contributed by atoms with Gasteiger partial charge in [0.1, 0.15) is 0 Å². The first-order valence-corrected chi connectivity index (χ1v) is 6.75. The van der Waals surface area contributed by atoms with E-state index >= 15 is 0 Å². The number of hydrogen-bond donors (Lipinski definition) is 1. The summed E-state index contributed by atoms with van der Waals surface area (Å²) in [5.41, 5.74) is 6.89. The van der Waals surface area contributed by atoms with Gasteiger partial charge in [-0.15, -0.1) is 0 Å². The lowest BCUT2D eigenvalue weighted by Gasteiger charge is -2.25. The van der Waals surface area contributed by atoms with Gasteiger partial charge in [0.05, 0.1) is 18.4 Å². The molecule has 1 aromatic heterocycles. The highest BCUT2D eigenvalue weighted by molar-refractivity contribution is 5.97. The molecular weight excluding hydrogens is 242 g/mol. The minimum absolute atomic E-state index is 0.393. The Morgan fingerprint density at radius 1 is 1.58 bits per heavy atom. The average molecular weight is 263 g/mol. The minimum Gasteiger partial charge on any atom is -0.465 e. The number of pyridine rings is 1. The second-order valence-corrected chi connectivity index (χ2v) is 4.98. The van der Waals surface area contributed by atoms with Crippen molar-refractivity contribution in [2.45, 2.75) is 26.2 Å². The molecule has 0 radical (unpaired) electrons. The molecule has 5 heteroatoms. The first kappa shape index (κ1) is 13.6. The molecule has 1 aliphatic carbocycles. The Morgan fingerprint density at radius 3 is 2.89 bits per heavy atom. The van der Waals surface area contributed by atoms with Crippen molar-refractivity contribution in [2.24, 2.45) is 5.92 Å². The first-order chi connectivity index (χ1) is 9.17. The van der Waals surface area contributed by atoms with Gasteiger partial charge in [0.25, 0.3) is 0 Å². The molecule has 1 aliphatic rings. The molecule has 0 amide bonds. The van der Waals surface area contributed by atoms with Crippen molar-refractivity contribution in [1.82, 2.24) is 4.98 Å². The number of rotatable bonds is 6. The van der Waals surface area contributed by atoms with Gasteiger partial charge < -0.3 is 15.4 Å². The lowest BCUT2D eigenvalue weighted by molar-refractivity contribution is 0.0602. The fraction of sp³-hybridized carbons (Fsp3) is 0.571. The molecule has 2 rings (SSSR count). The van der Waals surface area contributed by atoms with Crippen LogP contribution in [0.5, 0.6) is 0 Å². The lowest BCUT2D eigenvalue weighted by atomic mass is 10.2. The van der Waals surface area contributed by atoms with E-state index in [-0.39, 0.29) is 0 Å². The Labute approximate surface area is 113 Å². The Morgan fingerprint density at radius 2 is 2.32 bits per heavy atom. The van der Waals surface area contributed by atoms with E-state index in [1.54, 1.807) is 12.3 Å². The highest BCUT2D eigenvalue weighted by Crippen LogP contribution is 2.33. The zero-order chi connectivity index (χ0) is 13.8. The molecule has 1 saturated carbocycles. The van der Waals surface area contributed by atoms with Gasteiger partial charge in [-0.1, -0.05) is 6.92 Å². The normalized spacial score (nSPS) is 14.2. The molecule has 0 aromatic carbocycles. The summed E-state index contributed by atoms with van der Waals surface area (Å²) < 4.78 is 4.74. The van der Waals surface area contributed by atoms with Crippen molar-refractivity contribution in [3.05, 3.63) is 17.8 Å². The van der Waals surface area contributed by atoms with E-state index in [1.807, 2.05) is 0 Å². The summed E-state index contributed by atoms with van der Waals surface area (Å²) in [7, 11) is 1.36. The minimum atomic E-state index is -0.413. The summed E-state index contributed by atoms with van der Waals surface area (Å²) in [5, 5.41) is 0. The van der Waals surface area contributed by atoms with Crippen LogP contribution < -0.4 is 10.6 Å². The molecule has 2 N–H and O–H groups in total. The fourth-order valence-electron chi connectivity index (χ4n) is 2.17. The number of nitrogen functional groups attached to an aromatic ring is 1. The van der Waals surface area contributed by atoms with Crippen LogP contribution >= 0.6 is 0 Å². The molecular formula is C14H21N3O2. The summed E-state index contributed by atoms with van der Waals surface area (Å²) in [5.74, 6) is 1.04. The number of methoxy groups -OCH3 is 1. The van der Waals surface area contributed by atoms with Crippen LogP contribution in [0.2, 0.25) is 0 Å². The smallest absolute Gasteiger partial charge is 0.340 e. The largest absolute Gasteiger partial charge is 0.465 e. The third-order valence-electron chi connectivity index (χ3n) is 3.34. The third-order valence-corrected chi connectivity index (χ3v) is 3.34. The van der Waals surface area contributed by atoms with Crippen LogP contribution in [0.4, 0.5) is 11.5 Å². The van der Waals surface area contributed by atoms with Gasteiger partial charge in [-0.05, 0) is 31.2 Å². The Bertz CT molecular complexity index is 458. The molecule has 0 saturated heterocycles. The van der Waals surface area contributed by atoms with E-state index in [4.69, 9.17) is 10.5 Å². The number of anilines is 2. The maximum absolute atomic E-state index is 11.7. The van der Waals surface area contributed by atoms with Crippen LogP contribution in [0.1, 0.15) is 36.5 Å². The van der Waals surface area contributed by atoms with Gasteiger partial charge >= 0.3 is 5.97 Å². The van der Waals surface area contributed by atoms with Crippen molar-refractivity contribution < 1.29 is 9.53 Å². The van der Waals surface area contributed by atoms with E-state index in [1.165, 1.54) is 20.0 Å². The number of ether oxygens (including phenoxy) is 1. The maximum Gasteiger partial charge on any atom is 0.340 e. The first-order valence-electron chi connectivity index (χ1n) is 6.75. The van der Waals surface area contributed by atoms with Gasteiger partial charge in [-0.2, -0.15) is 0 Å². The lowest BCUT2D eigenvalue weighted by Crippen LogP contribution is -2.29. The maximum atomic E-state index is 11.7. The molecule has 1 aromatic rings. The van der Waals surface area contributed by atoms with E-state index in [0.717, 1.165) is 25.4 Å². The number of carbonyl (C=O) groups excluding carboxylic acids is 1. The van der Waals surface area contributed by atoms with Crippen molar-refractivity contribution in [2.75, 3.05) is 30.8 Å². The second-order valence-electron chi connectivity index (χ2n) is 4.98. The number of esters is 1. The predicted molar refractivity (Wildman–Crippen MR) is 75.2 cm³/mol. The third kappa shape index (κ3) is 3.16. The molecule has 1 heterocycles. The molecule has 1 fully saturated rings. The summed E-state index contributed by atoms with van der Waals surface area (Å²) in [4.78, 5) is 18.2. The summed E-state index contributed by atoms with van der Waals surface area (Å²) in [6, 6.07) is 1.60. The number of aromatic nitrogens is 1. The Balaban J connectivity index is 2.27. The van der Waals surface area contributed by atoms with Crippen molar-refractivity contribution in [3.8, 4) is 0 Å². The monoisotopic (exact) mass is 263 g/mol. The Kier molecular flexibility index (Phi) is 4.24. The van der Waals surface area contributed by atoms with E-state index < -0.39 is 5.97 Å². The molecule has 0 aliphatic heterocycles. The van der Waals surface area contributed by atoms with E-state index in [9.17, 15) is 4.79 Å². The van der Waals surface area contributed by atoms with Crippen LogP contribution in [-0.4, -0.2) is 31.2 Å². The van der Waals surface area contributed by atoms with Crippen molar-refractivity contribution >= 4 is 17.5 Å². The number of nitrogens with zero attached hydrogens (tertiary/aromatic N) is 2. The summed E-state index contributed by atoms with van der Waals surface area (Å²) in [6.45, 7) is 3.99. The molecule has 104 valence electrons. The van der Waals surface area contributed by atoms with Gasteiger partial charge in [-0.3, -0.25) is 0 Å². The molecule has 0 atom stereocenters. The molecule has 0 spiro atoms. The average Bonchev–Trinajstić information content (AvgIpc) is 3.22. The number of carbonyl (C=O) groups is 1. The molecule has 19 heavy (non-hydrogen) atoms. The van der Waals surface area contributed by atoms with E-state index in [2.05, 4.69) is 16.8 Å². The number of nitrogens with two attached hydrogens (primary N) is 1. The second kappa shape index (κ2) is 5.91. The highest BCUT2D eigenvalue weighted by atomic mass is 16.5. The molecule has 5 nitrogen and oxygen atoms in total. The van der Waals surface area contributed by atoms with Crippen molar-refractivity contribution in [3.63, 3.8) is 0 Å². The van der Waals surface area contributed by atoms with Gasteiger partial charge in [0.15, 0.2) is 5.82 Å². The van der Waals surface area contributed by atoms with Crippen LogP contribution in [0, 0.1) is 5.92 Å². The Hall–Kier alpha value is -1.78. The van der Waals surface area contributed by atoms with Crippen LogP contribution in [0.25, 0.3) is 0 Å². The van der Waals surface area contributed by atoms with Crippen LogP contribution in [-0.2, 0) is 4.74 Å². The van der Waals surface area contributed by atoms with Crippen LogP contribution in [0.3, 0.4) is 0 Å². The zero-order valence-corrected chi connectivity index (χ0v) is 11.6. The van der Waals surface area contributed by atoms with Crippen LogP contribution in [0.15, 0.2) is 12.3 Å². The van der Waals surface area contributed by atoms with Crippen molar-refractivity contribution in [1.29, 1.82) is 0 Å². The SMILES string of the molecule is CCCN(CC1CC1)c1nccc(C(=O)OC)c1N. The van der Waals surface area contributed by atoms with E-state index in [0.29, 0.717) is 17.1 Å².